The molecule has 0 fully saturated rings. The van der Waals surface area contributed by atoms with Gasteiger partial charge in [-0.15, -0.1) is 0 Å². The maximum absolute atomic E-state index is 9.66. The Balaban J connectivity index is 3.26. The van der Waals surface area contributed by atoms with Crippen LogP contribution in [0.3, 0.4) is 0 Å². The summed E-state index contributed by atoms with van der Waals surface area (Å²) in [6, 6.07) is 0. The Bertz CT molecular complexity index is 124. The largest absolute Gasteiger partial charge is 0.389 e. The van der Waals surface area contributed by atoms with Gasteiger partial charge in [-0.25, -0.2) is 0 Å². The summed E-state index contributed by atoms with van der Waals surface area (Å²) in [5.74, 6) is 0. The minimum Gasteiger partial charge on any atom is -0.389 e. The van der Waals surface area contributed by atoms with Crippen molar-refractivity contribution in [3.63, 3.8) is 0 Å². The fourth-order valence-corrected chi connectivity index (χ4v) is 1.00. The molecule has 0 aromatic rings. The fourth-order valence-electron chi connectivity index (χ4n) is 1.00. The minimum absolute atomic E-state index is 0.544. The van der Waals surface area contributed by atoms with Crippen molar-refractivity contribution in [3.8, 4) is 0 Å². The molecule has 3 nitrogen and oxygen atoms in total. The van der Waals surface area contributed by atoms with Crippen LogP contribution < -0.4 is 5.32 Å². The van der Waals surface area contributed by atoms with E-state index >= 15 is 0 Å². The summed E-state index contributed by atoms with van der Waals surface area (Å²) in [4.78, 5) is 2.17. The Morgan fingerprint density at radius 2 is 2.00 bits per heavy atom. The highest BCUT2D eigenvalue weighted by Crippen LogP contribution is 2.05. The molecule has 0 rings (SSSR count). The van der Waals surface area contributed by atoms with Crippen LogP contribution >= 0.6 is 0 Å². The van der Waals surface area contributed by atoms with Crippen LogP contribution in [-0.4, -0.2) is 49.3 Å². The second-order valence-electron chi connectivity index (χ2n) is 4.18. The first-order chi connectivity index (χ1) is 5.98. The van der Waals surface area contributed by atoms with E-state index in [9.17, 15) is 5.11 Å². The maximum atomic E-state index is 9.66. The quantitative estimate of drug-likeness (QED) is 0.577. The average molecular weight is 188 g/mol. The summed E-state index contributed by atoms with van der Waals surface area (Å²) in [5, 5.41) is 12.9. The molecule has 3 heteroatoms. The summed E-state index contributed by atoms with van der Waals surface area (Å²) in [6.07, 6.45) is 1.93. The van der Waals surface area contributed by atoms with Crippen LogP contribution in [0.5, 0.6) is 0 Å². The maximum Gasteiger partial charge on any atom is 0.0740 e. The number of nitrogens with one attached hydrogen (secondary N) is 1. The third-order valence-electron chi connectivity index (χ3n) is 2.23. The zero-order valence-electron chi connectivity index (χ0n) is 9.43. The van der Waals surface area contributed by atoms with Crippen molar-refractivity contribution >= 4 is 0 Å². The lowest BCUT2D eigenvalue weighted by Gasteiger charge is -2.21. The number of nitrogens with zero attached hydrogens (tertiary/aromatic N) is 1. The number of aliphatic hydroxyl groups is 1. The smallest absolute Gasteiger partial charge is 0.0740 e. The van der Waals surface area contributed by atoms with E-state index in [2.05, 4.69) is 24.3 Å². The van der Waals surface area contributed by atoms with Gasteiger partial charge in [-0.05, 0) is 47.0 Å². The van der Waals surface area contributed by atoms with Crippen LogP contribution in [0.2, 0.25) is 0 Å². The van der Waals surface area contributed by atoms with Gasteiger partial charge < -0.3 is 15.3 Å². The first-order valence-electron chi connectivity index (χ1n) is 5.06. The lowest BCUT2D eigenvalue weighted by Crippen LogP contribution is -2.38. The molecule has 0 aliphatic heterocycles. The van der Waals surface area contributed by atoms with Crippen molar-refractivity contribution in [2.75, 3.05) is 33.7 Å². The van der Waals surface area contributed by atoms with E-state index in [0.717, 1.165) is 25.9 Å². The van der Waals surface area contributed by atoms with Gasteiger partial charge >= 0.3 is 0 Å². The van der Waals surface area contributed by atoms with Crippen molar-refractivity contribution in [3.05, 3.63) is 0 Å². The number of rotatable bonds is 7. The first-order valence-corrected chi connectivity index (χ1v) is 5.06. The average Bonchev–Trinajstić information content (AvgIpc) is 2.03. The van der Waals surface area contributed by atoms with E-state index < -0.39 is 5.60 Å². The molecule has 0 aliphatic rings. The first kappa shape index (κ1) is 12.9. The number of hydrogen-bond donors (Lipinski definition) is 2. The SMILES string of the molecule is CCC(C)(O)CNCCCN(C)C. The molecular weight excluding hydrogens is 164 g/mol. The summed E-state index contributed by atoms with van der Waals surface area (Å²) in [6.45, 7) is 6.64. The molecule has 0 aliphatic carbocycles. The van der Waals surface area contributed by atoms with Crippen molar-refractivity contribution in [1.29, 1.82) is 0 Å². The Labute approximate surface area is 82.1 Å². The van der Waals surface area contributed by atoms with E-state index in [1.165, 1.54) is 0 Å². The zero-order valence-corrected chi connectivity index (χ0v) is 9.43. The highest BCUT2D eigenvalue weighted by Gasteiger charge is 2.15. The number of hydrogen-bond acceptors (Lipinski definition) is 3. The fraction of sp³-hybridized carbons (Fsp3) is 1.00. The topological polar surface area (TPSA) is 35.5 Å². The van der Waals surface area contributed by atoms with Crippen LogP contribution in [0.25, 0.3) is 0 Å². The zero-order chi connectivity index (χ0) is 10.3. The second-order valence-corrected chi connectivity index (χ2v) is 4.18. The summed E-state index contributed by atoms with van der Waals surface area (Å²) in [7, 11) is 4.14. The molecule has 0 radical (unpaired) electrons. The standard InChI is InChI=1S/C10H24N2O/c1-5-10(2,13)9-11-7-6-8-12(3)4/h11,13H,5-9H2,1-4H3. The molecule has 1 atom stereocenters. The molecular formula is C10H24N2O. The van der Waals surface area contributed by atoms with Gasteiger partial charge in [-0.3, -0.25) is 0 Å². The van der Waals surface area contributed by atoms with E-state index in [1.807, 2.05) is 13.8 Å². The molecule has 0 saturated carbocycles. The third-order valence-corrected chi connectivity index (χ3v) is 2.23. The summed E-state index contributed by atoms with van der Waals surface area (Å²) in [5.41, 5.74) is -0.544. The molecule has 80 valence electrons. The van der Waals surface area contributed by atoms with Crippen LogP contribution in [0, 0.1) is 0 Å². The highest BCUT2D eigenvalue weighted by atomic mass is 16.3. The van der Waals surface area contributed by atoms with Gasteiger partial charge in [0.25, 0.3) is 0 Å². The predicted molar refractivity (Wildman–Crippen MR) is 57.0 cm³/mol. The lowest BCUT2D eigenvalue weighted by atomic mass is 10.0. The van der Waals surface area contributed by atoms with E-state index in [1.54, 1.807) is 0 Å². The Morgan fingerprint density at radius 1 is 1.38 bits per heavy atom. The van der Waals surface area contributed by atoms with Crippen LogP contribution in [0.4, 0.5) is 0 Å². The minimum atomic E-state index is -0.544. The normalized spacial score (nSPS) is 16.2. The summed E-state index contributed by atoms with van der Waals surface area (Å²) >= 11 is 0. The summed E-state index contributed by atoms with van der Waals surface area (Å²) < 4.78 is 0. The van der Waals surface area contributed by atoms with E-state index in [4.69, 9.17) is 0 Å². The van der Waals surface area contributed by atoms with Gasteiger partial charge in [0, 0.05) is 6.54 Å². The van der Waals surface area contributed by atoms with Gasteiger partial charge in [0.1, 0.15) is 0 Å². The van der Waals surface area contributed by atoms with Crippen LogP contribution in [0.1, 0.15) is 26.7 Å². The molecule has 0 bridgehead atoms. The van der Waals surface area contributed by atoms with Crippen LogP contribution in [0.15, 0.2) is 0 Å². The Morgan fingerprint density at radius 3 is 2.46 bits per heavy atom. The molecule has 0 amide bonds. The van der Waals surface area contributed by atoms with Gasteiger partial charge in [0.15, 0.2) is 0 Å². The molecule has 0 heterocycles. The Hall–Kier alpha value is -0.120. The third kappa shape index (κ3) is 8.22. The highest BCUT2D eigenvalue weighted by molar-refractivity contribution is 4.72. The molecule has 0 spiro atoms. The molecule has 2 N–H and O–H groups in total. The van der Waals surface area contributed by atoms with Crippen molar-refractivity contribution in [2.24, 2.45) is 0 Å². The van der Waals surface area contributed by atoms with Crippen molar-refractivity contribution in [1.82, 2.24) is 10.2 Å². The molecule has 13 heavy (non-hydrogen) atoms. The van der Waals surface area contributed by atoms with Crippen molar-refractivity contribution < 1.29 is 5.11 Å². The Kier molecular flexibility index (Phi) is 6.29. The molecule has 1 unspecified atom stereocenters. The van der Waals surface area contributed by atoms with E-state index in [-0.39, 0.29) is 0 Å². The monoisotopic (exact) mass is 188 g/mol. The van der Waals surface area contributed by atoms with Gasteiger partial charge in [-0.1, -0.05) is 6.92 Å². The predicted octanol–water partition coefficient (Wildman–Crippen LogP) is 0.689. The molecule has 0 aromatic heterocycles. The lowest BCUT2D eigenvalue weighted by molar-refractivity contribution is 0.0559. The van der Waals surface area contributed by atoms with Crippen molar-refractivity contribution in [2.45, 2.75) is 32.3 Å². The van der Waals surface area contributed by atoms with Gasteiger partial charge in [0.2, 0.25) is 0 Å². The van der Waals surface area contributed by atoms with Gasteiger partial charge in [0.05, 0.1) is 5.60 Å². The molecule has 0 aromatic carbocycles. The van der Waals surface area contributed by atoms with E-state index in [0.29, 0.717) is 6.54 Å². The second kappa shape index (κ2) is 6.35. The molecule has 0 saturated heterocycles. The van der Waals surface area contributed by atoms with Crippen LogP contribution in [-0.2, 0) is 0 Å². The van der Waals surface area contributed by atoms with Gasteiger partial charge in [-0.2, -0.15) is 0 Å².